The van der Waals surface area contributed by atoms with Crippen LogP contribution >= 0.6 is 0 Å². The van der Waals surface area contributed by atoms with Crippen molar-refractivity contribution in [2.75, 3.05) is 0 Å². The van der Waals surface area contributed by atoms with E-state index in [2.05, 4.69) is 4.98 Å². The summed E-state index contributed by atoms with van der Waals surface area (Å²) in [5, 5.41) is 0. The Bertz CT molecular complexity index is 942. The van der Waals surface area contributed by atoms with Crippen LogP contribution in [0.15, 0.2) is 60.8 Å². The second-order valence-electron chi connectivity index (χ2n) is 5.87. The smallest absolute Gasteiger partial charge is 0.178 e. The van der Waals surface area contributed by atoms with Crippen LogP contribution in [0.3, 0.4) is 0 Å². The first kappa shape index (κ1) is 12.5. The molecular formula is C20H11NO2. The molecule has 0 amide bonds. The predicted octanol–water partition coefficient (Wildman–Crippen LogP) is 3.89. The molecule has 0 N–H and O–H groups in total. The number of hydrogen-bond donors (Lipinski definition) is 0. The van der Waals surface area contributed by atoms with Crippen molar-refractivity contribution in [3.05, 3.63) is 77.5 Å². The van der Waals surface area contributed by atoms with Crippen LogP contribution in [0, 0.1) is 0 Å². The van der Waals surface area contributed by atoms with Crippen molar-refractivity contribution in [1.29, 1.82) is 0 Å². The molecule has 0 aliphatic heterocycles. The standard InChI is InChI=1S/C20H11NO2/c22-19-14-7-3-1-5-11(14)12-9-10-21-18-13-6-2-4-8-15(13)20(23)17(19)16(12)18/h1-10,17H. The second kappa shape index (κ2) is 4.23. The van der Waals surface area contributed by atoms with Gasteiger partial charge in [0.1, 0.15) is 5.92 Å². The summed E-state index contributed by atoms with van der Waals surface area (Å²) >= 11 is 0. The van der Waals surface area contributed by atoms with E-state index in [1.807, 2.05) is 42.5 Å². The number of nitrogens with zero attached hydrogens (tertiary/aromatic N) is 1. The number of benzene rings is 2. The van der Waals surface area contributed by atoms with E-state index in [9.17, 15) is 9.59 Å². The van der Waals surface area contributed by atoms with Crippen molar-refractivity contribution in [3.8, 4) is 22.4 Å². The normalized spacial score (nSPS) is 17.3. The zero-order chi connectivity index (χ0) is 15.6. The van der Waals surface area contributed by atoms with Crippen LogP contribution < -0.4 is 0 Å². The first-order valence-electron chi connectivity index (χ1n) is 7.53. The van der Waals surface area contributed by atoms with Gasteiger partial charge in [-0.05, 0) is 17.2 Å². The Labute approximate surface area is 132 Å². The molecule has 0 fully saturated rings. The van der Waals surface area contributed by atoms with Crippen LogP contribution in [0.2, 0.25) is 0 Å². The summed E-state index contributed by atoms with van der Waals surface area (Å²) in [6, 6.07) is 16.8. The first-order chi connectivity index (χ1) is 11.3. The van der Waals surface area contributed by atoms with E-state index < -0.39 is 5.92 Å². The monoisotopic (exact) mass is 297 g/mol. The van der Waals surface area contributed by atoms with E-state index in [1.165, 1.54) is 0 Å². The van der Waals surface area contributed by atoms with Crippen molar-refractivity contribution in [3.63, 3.8) is 0 Å². The molecule has 0 spiro atoms. The van der Waals surface area contributed by atoms with Crippen molar-refractivity contribution in [1.82, 2.24) is 4.98 Å². The largest absolute Gasteiger partial charge is 0.293 e. The van der Waals surface area contributed by atoms with E-state index in [0.29, 0.717) is 11.1 Å². The molecule has 1 heterocycles. The molecule has 0 saturated carbocycles. The molecule has 0 radical (unpaired) electrons. The average molecular weight is 297 g/mol. The lowest BCUT2D eigenvalue weighted by Gasteiger charge is -2.31. The average Bonchev–Trinajstić information content (AvgIpc) is 2.61. The fourth-order valence-corrected chi connectivity index (χ4v) is 3.74. The maximum absolute atomic E-state index is 13.0. The lowest BCUT2D eigenvalue weighted by Crippen LogP contribution is -2.30. The molecule has 23 heavy (non-hydrogen) atoms. The maximum Gasteiger partial charge on any atom is 0.178 e. The lowest BCUT2D eigenvalue weighted by atomic mass is 9.70. The Morgan fingerprint density at radius 3 is 1.91 bits per heavy atom. The van der Waals surface area contributed by atoms with Gasteiger partial charge in [-0.3, -0.25) is 14.6 Å². The van der Waals surface area contributed by atoms with Gasteiger partial charge in [0.15, 0.2) is 11.6 Å². The minimum atomic E-state index is -0.765. The van der Waals surface area contributed by atoms with Crippen molar-refractivity contribution >= 4 is 11.6 Å². The third-order valence-corrected chi connectivity index (χ3v) is 4.73. The van der Waals surface area contributed by atoms with Crippen LogP contribution in [0.1, 0.15) is 32.2 Å². The summed E-state index contributed by atoms with van der Waals surface area (Å²) in [6.07, 6.45) is 1.75. The van der Waals surface area contributed by atoms with E-state index >= 15 is 0 Å². The Morgan fingerprint density at radius 1 is 0.652 bits per heavy atom. The number of carbonyl (C=O) groups is 2. The second-order valence-corrected chi connectivity index (χ2v) is 5.87. The molecular weight excluding hydrogens is 286 g/mol. The lowest BCUT2D eigenvalue weighted by molar-refractivity contribution is 0.0857. The van der Waals surface area contributed by atoms with E-state index in [4.69, 9.17) is 0 Å². The van der Waals surface area contributed by atoms with Gasteiger partial charge in [-0.1, -0.05) is 48.5 Å². The highest BCUT2D eigenvalue weighted by Gasteiger charge is 2.43. The highest BCUT2D eigenvalue weighted by Crippen LogP contribution is 2.48. The third kappa shape index (κ3) is 1.46. The minimum absolute atomic E-state index is 0.123. The molecule has 2 aliphatic rings. The van der Waals surface area contributed by atoms with Crippen molar-refractivity contribution < 1.29 is 9.59 Å². The summed E-state index contributed by atoms with van der Waals surface area (Å²) in [7, 11) is 0. The number of ketones is 2. The number of Topliss-reactive ketones (excluding diaryl/α,β-unsaturated/α-hetero) is 2. The summed E-state index contributed by atoms with van der Waals surface area (Å²) in [4.78, 5) is 30.4. The molecule has 1 aromatic heterocycles. The van der Waals surface area contributed by atoms with Gasteiger partial charge in [0, 0.05) is 28.5 Å². The van der Waals surface area contributed by atoms with Crippen LogP contribution in [0.5, 0.6) is 0 Å². The Hall–Kier alpha value is -3.07. The minimum Gasteiger partial charge on any atom is -0.293 e. The first-order valence-corrected chi connectivity index (χ1v) is 7.53. The van der Waals surface area contributed by atoms with Gasteiger partial charge in [0.05, 0.1) is 5.69 Å². The third-order valence-electron chi connectivity index (χ3n) is 4.73. The molecule has 1 atom stereocenters. The molecule has 3 aromatic rings. The fraction of sp³-hybridized carbons (Fsp3) is 0.0500. The quantitative estimate of drug-likeness (QED) is 0.591. The number of pyridine rings is 1. The summed E-state index contributed by atoms with van der Waals surface area (Å²) < 4.78 is 0. The van der Waals surface area contributed by atoms with Gasteiger partial charge < -0.3 is 0 Å². The summed E-state index contributed by atoms with van der Waals surface area (Å²) in [5.41, 5.74) is 5.37. The van der Waals surface area contributed by atoms with Crippen LogP contribution in [-0.2, 0) is 0 Å². The number of hydrogen-bond acceptors (Lipinski definition) is 3. The van der Waals surface area contributed by atoms with E-state index in [1.54, 1.807) is 18.3 Å². The molecule has 108 valence electrons. The molecule has 0 bridgehead atoms. The molecule has 5 rings (SSSR count). The van der Waals surface area contributed by atoms with Crippen LogP contribution in [0.25, 0.3) is 22.4 Å². The zero-order valence-corrected chi connectivity index (χ0v) is 12.1. The van der Waals surface area contributed by atoms with Gasteiger partial charge in [0.25, 0.3) is 0 Å². The Morgan fingerprint density at radius 2 is 1.22 bits per heavy atom. The molecule has 0 saturated heterocycles. The van der Waals surface area contributed by atoms with Crippen LogP contribution in [-0.4, -0.2) is 16.6 Å². The van der Waals surface area contributed by atoms with E-state index in [-0.39, 0.29) is 11.6 Å². The highest BCUT2D eigenvalue weighted by atomic mass is 16.2. The van der Waals surface area contributed by atoms with E-state index in [0.717, 1.165) is 27.9 Å². The van der Waals surface area contributed by atoms with Gasteiger partial charge in [0.2, 0.25) is 0 Å². The number of fused-ring (bicyclic) bond motifs is 4. The number of aromatic nitrogens is 1. The van der Waals surface area contributed by atoms with Gasteiger partial charge in [-0.2, -0.15) is 0 Å². The number of rotatable bonds is 0. The van der Waals surface area contributed by atoms with Gasteiger partial charge >= 0.3 is 0 Å². The molecule has 3 heteroatoms. The number of carbonyl (C=O) groups excluding carboxylic acids is 2. The summed E-state index contributed by atoms with van der Waals surface area (Å²) in [6.45, 7) is 0. The van der Waals surface area contributed by atoms with Crippen LogP contribution in [0.4, 0.5) is 0 Å². The molecule has 2 aliphatic carbocycles. The molecule has 2 aromatic carbocycles. The summed E-state index contributed by atoms with van der Waals surface area (Å²) in [5.74, 6) is -1.01. The SMILES string of the molecule is O=C1c2ccccc2-c2ccnc3c2C1C(=O)c1ccccc1-3. The van der Waals surface area contributed by atoms with Gasteiger partial charge in [-0.15, -0.1) is 0 Å². The predicted molar refractivity (Wildman–Crippen MR) is 86.5 cm³/mol. The highest BCUT2D eigenvalue weighted by molar-refractivity contribution is 6.28. The molecule has 1 unspecified atom stereocenters. The van der Waals surface area contributed by atoms with Crippen molar-refractivity contribution in [2.45, 2.75) is 5.92 Å². The topological polar surface area (TPSA) is 47.0 Å². The maximum atomic E-state index is 13.0. The Kier molecular flexibility index (Phi) is 2.29. The molecule has 3 nitrogen and oxygen atoms in total. The van der Waals surface area contributed by atoms with Crippen molar-refractivity contribution in [2.24, 2.45) is 0 Å². The fourth-order valence-electron chi connectivity index (χ4n) is 3.74. The van der Waals surface area contributed by atoms with Gasteiger partial charge in [-0.25, -0.2) is 0 Å². The zero-order valence-electron chi connectivity index (χ0n) is 12.1. The Balaban J connectivity index is 1.95.